The Morgan fingerprint density at radius 1 is 1.27 bits per heavy atom. The fourth-order valence-corrected chi connectivity index (χ4v) is 2.59. The fraction of sp³-hybridized carbons (Fsp3) is 0.154. The molecule has 1 heterocycles. The van der Waals surface area contributed by atoms with E-state index in [1.807, 2.05) is 0 Å². The first-order chi connectivity index (χ1) is 10.3. The molecule has 0 unspecified atom stereocenters. The maximum Gasteiger partial charge on any atom is 0.446 e. The largest absolute Gasteiger partial charge is 0.446 e. The predicted molar refractivity (Wildman–Crippen MR) is 78.7 cm³/mol. The van der Waals surface area contributed by atoms with E-state index in [-0.39, 0.29) is 27.9 Å². The molecule has 22 heavy (non-hydrogen) atoms. The highest BCUT2D eigenvalue weighted by Gasteiger charge is 2.29. The summed E-state index contributed by atoms with van der Waals surface area (Å²) in [7, 11) is 0. The highest BCUT2D eigenvalue weighted by atomic mass is 32.2. The van der Waals surface area contributed by atoms with Crippen LogP contribution in [0.3, 0.4) is 0 Å². The van der Waals surface area contributed by atoms with E-state index in [4.69, 9.17) is 5.26 Å². The molecule has 0 aliphatic carbocycles. The Kier molecular flexibility index (Phi) is 4.83. The number of nitrogens with one attached hydrogen (secondary N) is 1. The van der Waals surface area contributed by atoms with Gasteiger partial charge in [0.05, 0.1) is 5.69 Å². The molecular formula is C13H8F3N3OS2. The van der Waals surface area contributed by atoms with E-state index < -0.39 is 11.1 Å². The summed E-state index contributed by atoms with van der Waals surface area (Å²) in [6.45, 7) is 0. The molecule has 114 valence electrons. The lowest BCUT2D eigenvalue weighted by Crippen LogP contribution is -2.14. The summed E-state index contributed by atoms with van der Waals surface area (Å²) in [5, 5.41) is 9.39. The molecule has 0 saturated heterocycles. The molecule has 0 bridgehead atoms. The second-order valence-electron chi connectivity index (χ2n) is 3.98. The molecule has 0 saturated carbocycles. The van der Waals surface area contributed by atoms with Gasteiger partial charge < -0.3 is 4.98 Å². The number of thioether (sulfide) groups is 2. The van der Waals surface area contributed by atoms with Gasteiger partial charge in [-0.05, 0) is 30.2 Å². The van der Waals surface area contributed by atoms with Gasteiger partial charge in [-0.3, -0.25) is 4.79 Å². The number of alkyl halides is 3. The maximum atomic E-state index is 12.3. The van der Waals surface area contributed by atoms with Gasteiger partial charge in [0, 0.05) is 10.5 Å². The second kappa shape index (κ2) is 6.46. The van der Waals surface area contributed by atoms with Gasteiger partial charge in [-0.2, -0.15) is 18.4 Å². The molecule has 2 aromatic rings. The lowest BCUT2D eigenvalue weighted by atomic mass is 10.1. The number of hydrogen-bond donors (Lipinski definition) is 1. The van der Waals surface area contributed by atoms with Crippen molar-refractivity contribution >= 4 is 23.5 Å². The van der Waals surface area contributed by atoms with Crippen LogP contribution >= 0.6 is 23.5 Å². The molecule has 1 aromatic heterocycles. The van der Waals surface area contributed by atoms with Crippen molar-refractivity contribution in [2.45, 2.75) is 15.6 Å². The van der Waals surface area contributed by atoms with E-state index in [0.717, 1.165) is 0 Å². The van der Waals surface area contributed by atoms with Crippen LogP contribution in [-0.4, -0.2) is 21.7 Å². The van der Waals surface area contributed by atoms with E-state index >= 15 is 0 Å². The molecule has 0 fully saturated rings. The van der Waals surface area contributed by atoms with Gasteiger partial charge in [-0.25, -0.2) is 4.98 Å². The Labute approximate surface area is 131 Å². The SMILES string of the molecule is CSc1nc(-c2ccc(SC(F)(F)F)cc2)c(C#N)c(=O)[nH]1. The Morgan fingerprint density at radius 3 is 2.41 bits per heavy atom. The van der Waals surface area contributed by atoms with Crippen LogP contribution in [0.25, 0.3) is 11.3 Å². The van der Waals surface area contributed by atoms with Gasteiger partial charge in [0.1, 0.15) is 11.6 Å². The van der Waals surface area contributed by atoms with Crippen LogP contribution < -0.4 is 5.56 Å². The number of hydrogen-bond acceptors (Lipinski definition) is 5. The zero-order valence-corrected chi connectivity index (χ0v) is 12.7. The molecule has 1 aromatic carbocycles. The number of halogens is 3. The van der Waals surface area contributed by atoms with E-state index in [2.05, 4.69) is 9.97 Å². The van der Waals surface area contributed by atoms with Gasteiger partial charge in [0.25, 0.3) is 5.56 Å². The summed E-state index contributed by atoms with van der Waals surface area (Å²) < 4.78 is 36.9. The number of aromatic amines is 1. The van der Waals surface area contributed by atoms with Gasteiger partial charge in [-0.15, -0.1) is 0 Å². The van der Waals surface area contributed by atoms with Crippen LogP contribution in [0.1, 0.15) is 5.56 Å². The molecule has 4 nitrogen and oxygen atoms in total. The second-order valence-corrected chi connectivity index (χ2v) is 5.92. The van der Waals surface area contributed by atoms with Gasteiger partial charge in [0.2, 0.25) is 0 Å². The van der Waals surface area contributed by atoms with Crippen LogP contribution in [0.2, 0.25) is 0 Å². The number of benzene rings is 1. The molecule has 0 atom stereocenters. The Bertz CT molecular complexity index is 779. The summed E-state index contributed by atoms with van der Waals surface area (Å²) in [4.78, 5) is 18.4. The zero-order chi connectivity index (χ0) is 16.3. The standard InChI is InChI=1S/C13H8F3N3OS2/c1-21-12-18-10(9(6-17)11(20)19-12)7-2-4-8(5-3-7)22-13(14,15)16/h2-5H,1H3,(H,18,19,20). The first-order valence-corrected chi connectivity index (χ1v) is 7.83. The third-order valence-electron chi connectivity index (χ3n) is 2.56. The third-order valence-corrected chi connectivity index (χ3v) is 3.88. The molecule has 0 aliphatic rings. The molecule has 0 radical (unpaired) electrons. The Balaban J connectivity index is 2.46. The van der Waals surface area contributed by atoms with Crippen molar-refractivity contribution in [2.75, 3.05) is 6.26 Å². The van der Waals surface area contributed by atoms with Crippen LogP contribution in [0.4, 0.5) is 13.2 Å². The summed E-state index contributed by atoms with van der Waals surface area (Å²) in [5.74, 6) is 0. The lowest BCUT2D eigenvalue weighted by molar-refractivity contribution is -0.0328. The summed E-state index contributed by atoms with van der Waals surface area (Å²) in [5.41, 5.74) is -4.56. The summed E-state index contributed by atoms with van der Waals surface area (Å²) >= 11 is 0.961. The minimum Gasteiger partial charge on any atom is -0.300 e. The summed E-state index contributed by atoms with van der Waals surface area (Å²) in [6.07, 6.45) is 1.71. The van der Waals surface area contributed by atoms with E-state index in [1.165, 1.54) is 36.0 Å². The first kappa shape index (κ1) is 16.5. The van der Waals surface area contributed by atoms with Crippen molar-refractivity contribution in [1.82, 2.24) is 9.97 Å². The molecule has 0 spiro atoms. The number of nitrogens with zero attached hydrogens (tertiary/aromatic N) is 2. The van der Waals surface area contributed by atoms with Crippen molar-refractivity contribution in [3.05, 3.63) is 40.2 Å². The molecule has 2 rings (SSSR count). The molecule has 9 heteroatoms. The number of aromatic nitrogens is 2. The number of rotatable bonds is 3. The van der Waals surface area contributed by atoms with Gasteiger partial charge in [0.15, 0.2) is 5.16 Å². The number of H-pyrrole nitrogens is 1. The highest BCUT2D eigenvalue weighted by Crippen LogP contribution is 2.37. The first-order valence-electron chi connectivity index (χ1n) is 5.78. The van der Waals surface area contributed by atoms with Crippen LogP contribution in [-0.2, 0) is 0 Å². The molecule has 0 aliphatic heterocycles. The zero-order valence-electron chi connectivity index (χ0n) is 11.1. The monoisotopic (exact) mass is 343 g/mol. The average molecular weight is 343 g/mol. The molecule has 1 N–H and O–H groups in total. The van der Waals surface area contributed by atoms with Gasteiger partial charge in [-0.1, -0.05) is 23.9 Å². The van der Waals surface area contributed by atoms with Crippen LogP contribution in [0.15, 0.2) is 39.1 Å². The normalized spacial score (nSPS) is 11.2. The Morgan fingerprint density at radius 2 is 1.91 bits per heavy atom. The number of nitriles is 1. The van der Waals surface area contributed by atoms with Crippen molar-refractivity contribution in [3.63, 3.8) is 0 Å². The smallest absolute Gasteiger partial charge is 0.300 e. The van der Waals surface area contributed by atoms with Crippen molar-refractivity contribution < 1.29 is 13.2 Å². The molecular weight excluding hydrogens is 335 g/mol. The molecule has 0 amide bonds. The minimum atomic E-state index is -4.37. The topological polar surface area (TPSA) is 69.5 Å². The predicted octanol–water partition coefficient (Wildman–Crippen LogP) is 3.64. The Hall–Kier alpha value is -1.92. The van der Waals surface area contributed by atoms with Crippen molar-refractivity contribution in [3.8, 4) is 17.3 Å². The van der Waals surface area contributed by atoms with Crippen LogP contribution in [0.5, 0.6) is 0 Å². The van der Waals surface area contributed by atoms with Gasteiger partial charge >= 0.3 is 5.51 Å². The van der Waals surface area contributed by atoms with E-state index in [9.17, 15) is 18.0 Å². The van der Waals surface area contributed by atoms with E-state index in [1.54, 1.807) is 12.3 Å². The maximum absolute atomic E-state index is 12.3. The third kappa shape index (κ3) is 3.84. The quantitative estimate of drug-likeness (QED) is 0.680. The fourth-order valence-electron chi connectivity index (χ4n) is 1.68. The van der Waals surface area contributed by atoms with Crippen LogP contribution in [0, 0.1) is 11.3 Å². The average Bonchev–Trinajstić information content (AvgIpc) is 2.45. The summed E-state index contributed by atoms with van der Waals surface area (Å²) in [6, 6.07) is 7.12. The van der Waals surface area contributed by atoms with Crippen molar-refractivity contribution in [1.29, 1.82) is 5.26 Å². The lowest BCUT2D eigenvalue weighted by Gasteiger charge is -2.08. The van der Waals surface area contributed by atoms with E-state index in [0.29, 0.717) is 10.7 Å². The highest BCUT2D eigenvalue weighted by molar-refractivity contribution is 8.00. The minimum absolute atomic E-state index is 0.0182. The van der Waals surface area contributed by atoms with Crippen molar-refractivity contribution in [2.24, 2.45) is 0 Å².